The molecule has 0 saturated carbocycles. The van der Waals surface area contributed by atoms with Crippen LogP contribution in [0.4, 0.5) is 0 Å². The Bertz CT molecular complexity index is 306. The van der Waals surface area contributed by atoms with Crippen molar-refractivity contribution < 1.29 is 23.7 Å². The Morgan fingerprint density at radius 3 is 2.32 bits per heavy atom. The van der Waals surface area contributed by atoms with Crippen molar-refractivity contribution in [1.29, 1.82) is 0 Å². The molecule has 0 bridgehead atoms. The predicted molar refractivity (Wildman–Crippen MR) is 83.9 cm³/mol. The first-order chi connectivity index (χ1) is 10.6. The molecule has 1 rings (SSSR count). The Kier molecular flexibility index (Phi) is 9.99. The van der Waals surface area contributed by atoms with Crippen LogP contribution < -0.4 is 0 Å². The molecule has 0 aromatic heterocycles. The van der Waals surface area contributed by atoms with Crippen LogP contribution >= 0.6 is 11.6 Å². The second-order valence-electron chi connectivity index (χ2n) is 4.98. The molecule has 7 heteroatoms. The number of amides is 1. The average molecular weight is 338 g/mol. The largest absolute Gasteiger partial charge is 0.351 e. The molecule has 1 heterocycles. The van der Waals surface area contributed by atoms with E-state index in [0.717, 1.165) is 6.42 Å². The van der Waals surface area contributed by atoms with Crippen LogP contribution in [0.1, 0.15) is 33.6 Å². The van der Waals surface area contributed by atoms with E-state index in [1.165, 1.54) is 0 Å². The number of alkyl halides is 1. The van der Waals surface area contributed by atoms with Crippen molar-refractivity contribution in [3.05, 3.63) is 0 Å². The summed E-state index contributed by atoms with van der Waals surface area (Å²) in [5.74, 6) is -0.147. The minimum Gasteiger partial charge on any atom is -0.351 e. The predicted octanol–water partition coefficient (Wildman–Crippen LogP) is 1.99. The van der Waals surface area contributed by atoms with E-state index in [0.29, 0.717) is 45.9 Å². The van der Waals surface area contributed by atoms with Crippen LogP contribution in [0, 0.1) is 0 Å². The molecule has 22 heavy (non-hydrogen) atoms. The van der Waals surface area contributed by atoms with E-state index < -0.39 is 18.0 Å². The molecule has 1 aliphatic rings. The highest BCUT2D eigenvalue weighted by Gasteiger charge is 2.28. The van der Waals surface area contributed by atoms with Crippen LogP contribution in [-0.2, 0) is 23.7 Å². The molecule has 130 valence electrons. The van der Waals surface area contributed by atoms with Crippen molar-refractivity contribution in [2.24, 2.45) is 0 Å². The summed E-state index contributed by atoms with van der Waals surface area (Å²) in [6, 6.07) is 0. The van der Waals surface area contributed by atoms with Gasteiger partial charge in [0.1, 0.15) is 5.38 Å². The Labute approximate surface area is 138 Å². The van der Waals surface area contributed by atoms with E-state index in [4.69, 9.17) is 30.5 Å². The van der Waals surface area contributed by atoms with Gasteiger partial charge in [-0.2, -0.15) is 0 Å². The minimum atomic E-state index is -0.563. The lowest BCUT2D eigenvalue weighted by Crippen LogP contribution is -2.48. The topological polar surface area (TPSA) is 57.2 Å². The maximum Gasteiger partial charge on any atom is 0.240 e. The van der Waals surface area contributed by atoms with E-state index in [1.807, 2.05) is 20.8 Å². The van der Waals surface area contributed by atoms with Gasteiger partial charge in [0.2, 0.25) is 5.91 Å². The first kappa shape index (κ1) is 19.6. The summed E-state index contributed by atoms with van der Waals surface area (Å²) >= 11 is 6.11. The lowest BCUT2D eigenvalue weighted by molar-refractivity contribution is -0.199. The van der Waals surface area contributed by atoms with Gasteiger partial charge in [0.15, 0.2) is 12.6 Å². The Balaban J connectivity index is 2.68. The molecule has 0 aliphatic carbocycles. The summed E-state index contributed by atoms with van der Waals surface area (Å²) in [6.45, 7) is 8.62. The third-order valence-corrected chi connectivity index (χ3v) is 3.77. The Hall–Kier alpha value is -0.400. The Morgan fingerprint density at radius 2 is 1.82 bits per heavy atom. The van der Waals surface area contributed by atoms with Crippen LogP contribution in [0.5, 0.6) is 0 Å². The summed E-state index contributed by atoms with van der Waals surface area (Å²) in [4.78, 5) is 14.1. The van der Waals surface area contributed by atoms with Gasteiger partial charge in [-0.25, -0.2) is 0 Å². The van der Waals surface area contributed by atoms with Crippen LogP contribution in [0.3, 0.4) is 0 Å². The molecular formula is C15H28ClNO5. The first-order valence-corrected chi connectivity index (χ1v) is 8.45. The third kappa shape index (κ3) is 6.79. The van der Waals surface area contributed by atoms with Gasteiger partial charge < -0.3 is 23.8 Å². The molecule has 0 spiro atoms. The molecule has 1 saturated heterocycles. The third-order valence-electron chi connectivity index (χ3n) is 3.28. The molecule has 0 aromatic carbocycles. The number of nitrogens with zero attached hydrogens (tertiary/aromatic N) is 1. The summed E-state index contributed by atoms with van der Waals surface area (Å²) in [5.41, 5.74) is 0. The van der Waals surface area contributed by atoms with Crippen LogP contribution in [0.15, 0.2) is 0 Å². The van der Waals surface area contributed by atoms with Gasteiger partial charge in [0, 0.05) is 13.2 Å². The Morgan fingerprint density at radius 1 is 1.23 bits per heavy atom. The van der Waals surface area contributed by atoms with Crippen molar-refractivity contribution >= 4 is 17.5 Å². The highest BCUT2D eigenvalue weighted by atomic mass is 35.5. The number of hydrogen-bond donors (Lipinski definition) is 0. The monoisotopic (exact) mass is 337 g/mol. The number of halogens is 1. The summed E-state index contributed by atoms with van der Waals surface area (Å²) in [7, 11) is 0. The van der Waals surface area contributed by atoms with E-state index in [-0.39, 0.29) is 5.91 Å². The van der Waals surface area contributed by atoms with Crippen LogP contribution in [0.2, 0.25) is 0 Å². The summed E-state index contributed by atoms with van der Waals surface area (Å²) in [5, 5.41) is -0.563. The normalized spacial score (nSPS) is 17.7. The molecule has 0 radical (unpaired) electrons. The van der Waals surface area contributed by atoms with Gasteiger partial charge in [-0.3, -0.25) is 4.79 Å². The van der Waals surface area contributed by atoms with E-state index >= 15 is 0 Å². The molecule has 1 atom stereocenters. The highest BCUT2D eigenvalue weighted by molar-refractivity contribution is 6.30. The number of carbonyl (C=O) groups excluding carboxylic acids is 1. The lowest BCUT2D eigenvalue weighted by atomic mass is 10.2. The minimum absolute atomic E-state index is 0.147. The molecule has 1 unspecified atom stereocenters. The first-order valence-electron chi connectivity index (χ1n) is 8.01. The second-order valence-corrected chi connectivity index (χ2v) is 5.51. The molecule has 0 N–H and O–H groups in total. The fourth-order valence-corrected chi connectivity index (χ4v) is 2.29. The van der Waals surface area contributed by atoms with Crippen LogP contribution in [0.25, 0.3) is 0 Å². The van der Waals surface area contributed by atoms with Crippen molar-refractivity contribution in [1.82, 2.24) is 4.90 Å². The molecule has 1 amide bonds. The van der Waals surface area contributed by atoms with Gasteiger partial charge in [-0.1, -0.05) is 6.92 Å². The fraction of sp³-hybridized carbons (Fsp3) is 0.933. The van der Waals surface area contributed by atoms with Crippen molar-refractivity contribution in [2.75, 3.05) is 39.5 Å². The zero-order chi connectivity index (χ0) is 16.4. The van der Waals surface area contributed by atoms with Crippen molar-refractivity contribution in [3.8, 4) is 0 Å². The van der Waals surface area contributed by atoms with Gasteiger partial charge in [-0.15, -0.1) is 11.6 Å². The average Bonchev–Trinajstić information content (AvgIpc) is 2.54. The zero-order valence-electron chi connectivity index (χ0n) is 13.8. The lowest BCUT2D eigenvalue weighted by Gasteiger charge is -2.33. The van der Waals surface area contributed by atoms with Crippen LogP contribution in [-0.4, -0.2) is 68.3 Å². The quantitative estimate of drug-likeness (QED) is 0.451. The maximum atomic E-state index is 12.5. The van der Waals surface area contributed by atoms with Gasteiger partial charge in [0.25, 0.3) is 0 Å². The zero-order valence-corrected chi connectivity index (χ0v) is 14.5. The number of hydrogen-bond acceptors (Lipinski definition) is 5. The van der Waals surface area contributed by atoms with E-state index in [9.17, 15) is 4.79 Å². The molecule has 6 nitrogen and oxygen atoms in total. The maximum absolute atomic E-state index is 12.5. The summed E-state index contributed by atoms with van der Waals surface area (Å²) < 4.78 is 22.1. The van der Waals surface area contributed by atoms with Crippen molar-refractivity contribution in [3.63, 3.8) is 0 Å². The molecule has 0 aromatic rings. The molecule has 1 aliphatic heterocycles. The summed E-state index contributed by atoms with van der Waals surface area (Å²) in [6.07, 6.45) is 0.556. The fourth-order valence-electron chi connectivity index (χ4n) is 2.15. The standard InChI is InChI=1S/C15H28ClNO5/c1-4-12(16)15(18)17(10-13(19-5-2)20-6-3)11-14-21-8-7-9-22-14/h12-14H,4-11H2,1-3H3. The molecule has 1 fully saturated rings. The van der Waals surface area contributed by atoms with Gasteiger partial charge in [0.05, 0.1) is 26.3 Å². The smallest absolute Gasteiger partial charge is 0.240 e. The SMILES string of the molecule is CCOC(CN(CC1OCCCO1)C(=O)C(Cl)CC)OCC. The number of carbonyl (C=O) groups is 1. The van der Waals surface area contributed by atoms with E-state index in [2.05, 4.69) is 0 Å². The van der Waals surface area contributed by atoms with Gasteiger partial charge in [-0.05, 0) is 26.7 Å². The molecular weight excluding hydrogens is 310 g/mol. The van der Waals surface area contributed by atoms with Crippen molar-refractivity contribution in [2.45, 2.75) is 51.6 Å². The number of ether oxygens (including phenoxy) is 4. The highest BCUT2D eigenvalue weighted by Crippen LogP contribution is 2.13. The van der Waals surface area contributed by atoms with E-state index in [1.54, 1.807) is 4.90 Å². The number of rotatable bonds is 10. The second kappa shape index (κ2) is 11.2. The van der Waals surface area contributed by atoms with Gasteiger partial charge >= 0.3 is 0 Å².